The summed E-state index contributed by atoms with van der Waals surface area (Å²) in [6, 6.07) is 18.6. The third-order valence-corrected chi connectivity index (χ3v) is 5.82. The molecule has 130 valence electrons. The van der Waals surface area contributed by atoms with E-state index in [9.17, 15) is 0 Å². The Morgan fingerprint density at radius 2 is 1.29 bits per heavy atom. The van der Waals surface area contributed by atoms with Gasteiger partial charge in [-0.15, -0.1) is 0 Å². The third kappa shape index (κ3) is 3.74. The molecular weight excluding hydrogens is 288 g/mol. The first-order valence-corrected chi connectivity index (χ1v) is 9.78. The van der Waals surface area contributed by atoms with E-state index in [1.165, 1.54) is 41.5 Å². The summed E-state index contributed by atoms with van der Waals surface area (Å²) < 4.78 is 0. The molecule has 2 aromatic rings. The Hall–Kier alpha value is -1.56. The molecule has 0 saturated heterocycles. The first-order valence-electron chi connectivity index (χ1n) is 9.78. The zero-order valence-electron chi connectivity index (χ0n) is 16.2. The van der Waals surface area contributed by atoms with Crippen LogP contribution in [0, 0.1) is 5.92 Å². The maximum atomic E-state index is 2.47. The predicted molar refractivity (Wildman–Crippen MR) is 107 cm³/mol. The molecule has 0 N–H and O–H groups in total. The van der Waals surface area contributed by atoms with Crippen molar-refractivity contribution in [1.82, 2.24) is 0 Å². The molecule has 0 aliphatic carbocycles. The second-order valence-electron chi connectivity index (χ2n) is 7.20. The monoisotopic (exact) mass is 322 g/mol. The van der Waals surface area contributed by atoms with Crippen molar-refractivity contribution < 1.29 is 0 Å². The van der Waals surface area contributed by atoms with Crippen molar-refractivity contribution in [2.45, 2.75) is 72.1 Å². The van der Waals surface area contributed by atoms with E-state index in [-0.39, 0.29) is 5.41 Å². The molecule has 0 heteroatoms. The lowest BCUT2D eigenvalue weighted by molar-refractivity contribution is 0.311. The summed E-state index contributed by atoms with van der Waals surface area (Å²) >= 11 is 0. The lowest BCUT2D eigenvalue weighted by atomic mass is 9.64. The van der Waals surface area contributed by atoms with Crippen molar-refractivity contribution in [3.63, 3.8) is 0 Å². The van der Waals surface area contributed by atoms with E-state index in [0.29, 0.717) is 5.92 Å². The van der Waals surface area contributed by atoms with E-state index in [4.69, 9.17) is 0 Å². The van der Waals surface area contributed by atoms with Gasteiger partial charge in [0, 0.05) is 5.41 Å². The molecule has 0 heterocycles. The molecule has 0 saturated carbocycles. The van der Waals surface area contributed by atoms with E-state index in [2.05, 4.69) is 83.1 Å². The molecule has 0 spiro atoms. The van der Waals surface area contributed by atoms with Crippen molar-refractivity contribution in [3.8, 4) is 0 Å². The zero-order valence-corrected chi connectivity index (χ0v) is 16.2. The molecule has 2 aromatic carbocycles. The SMILES string of the molecule is CCCC(CC)C(C)(c1cccc(CC)c1)c1cccc(CC)c1. The van der Waals surface area contributed by atoms with Gasteiger partial charge in [-0.2, -0.15) is 0 Å². The summed E-state index contributed by atoms with van der Waals surface area (Å²) in [6.45, 7) is 11.6. The highest BCUT2D eigenvalue weighted by atomic mass is 14.4. The van der Waals surface area contributed by atoms with Crippen molar-refractivity contribution in [1.29, 1.82) is 0 Å². The number of aryl methyl sites for hydroxylation is 2. The van der Waals surface area contributed by atoms with Crippen molar-refractivity contribution in [2.75, 3.05) is 0 Å². The second-order valence-corrected chi connectivity index (χ2v) is 7.20. The summed E-state index contributed by atoms with van der Waals surface area (Å²) in [5.41, 5.74) is 5.93. The number of rotatable bonds is 8. The van der Waals surface area contributed by atoms with Crippen molar-refractivity contribution >= 4 is 0 Å². The number of benzene rings is 2. The standard InChI is InChI=1S/C24H34/c1-6-12-21(9-4)24(5,22-15-10-13-19(7-2)17-22)23-16-11-14-20(8-3)18-23/h10-11,13-18,21H,6-9,12H2,1-5H3. The van der Waals surface area contributed by atoms with Gasteiger partial charge in [0.2, 0.25) is 0 Å². The Morgan fingerprint density at radius 1 is 0.792 bits per heavy atom. The molecule has 0 aromatic heterocycles. The average molecular weight is 323 g/mol. The molecule has 0 amide bonds. The molecule has 0 fully saturated rings. The van der Waals surface area contributed by atoms with E-state index in [1.54, 1.807) is 0 Å². The first-order chi connectivity index (χ1) is 11.6. The van der Waals surface area contributed by atoms with Crippen LogP contribution < -0.4 is 0 Å². The van der Waals surface area contributed by atoms with Gasteiger partial charge >= 0.3 is 0 Å². The lowest BCUT2D eigenvalue weighted by Crippen LogP contribution is -2.33. The Kier molecular flexibility index (Phi) is 6.66. The second kappa shape index (κ2) is 8.51. The summed E-state index contributed by atoms with van der Waals surface area (Å²) in [5, 5.41) is 0. The van der Waals surface area contributed by atoms with E-state index >= 15 is 0 Å². The maximum absolute atomic E-state index is 2.47. The molecule has 0 aliphatic rings. The summed E-state index contributed by atoms with van der Waals surface area (Å²) in [4.78, 5) is 0. The van der Waals surface area contributed by atoms with E-state index in [0.717, 1.165) is 12.8 Å². The molecule has 0 nitrogen and oxygen atoms in total. The molecule has 0 aliphatic heterocycles. The predicted octanol–water partition coefficient (Wildman–Crippen LogP) is 6.94. The molecule has 24 heavy (non-hydrogen) atoms. The van der Waals surface area contributed by atoms with Crippen LogP contribution in [0.3, 0.4) is 0 Å². The largest absolute Gasteiger partial charge is 0.0654 e. The Labute approximate surface area is 149 Å². The molecule has 0 radical (unpaired) electrons. The van der Waals surface area contributed by atoms with E-state index < -0.39 is 0 Å². The highest BCUT2D eigenvalue weighted by molar-refractivity contribution is 5.42. The Morgan fingerprint density at radius 3 is 1.67 bits per heavy atom. The van der Waals surface area contributed by atoms with Crippen LogP contribution in [0.25, 0.3) is 0 Å². The van der Waals surface area contributed by atoms with Crippen LogP contribution in [0.4, 0.5) is 0 Å². The van der Waals surface area contributed by atoms with Crippen LogP contribution in [-0.2, 0) is 18.3 Å². The highest BCUT2D eigenvalue weighted by Gasteiger charge is 2.36. The van der Waals surface area contributed by atoms with Gasteiger partial charge in [0.15, 0.2) is 0 Å². The fourth-order valence-electron chi connectivity index (χ4n) is 4.12. The summed E-state index contributed by atoms with van der Waals surface area (Å²) in [5.74, 6) is 0.668. The maximum Gasteiger partial charge on any atom is 0.0203 e. The Balaban J connectivity index is 2.63. The molecular formula is C24H34. The van der Waals surface area contributed by atoms with Crippen LogP contribution in [0.5, 0.6) is 0 Å². The highest BCUT2D eigenvalue weighted by Crippen LogP contribution is 2.43. The zero-order chi connectivity index (χ0) is 17.6. The molecule has 0 bridgehead atoms. The minimum absolute atomic E-state index is 0.0844. The van der Waals surface area contributed by atoms with Gasteiger partial charge in [-0.1, -0.05) is 96.0 Å². The van der Waals surface area contributed by atoms with E-state index in [1.807, 2.05) is 0 Å². The summed E-state index contributed by atoms with van der Waals surface area (Å²) in [6.07, 6.45) is 5.94. The number of hydrogen-bond acceptors (Lipinski definition) is 0. The first kappa shape index (κ1) is 18.8. The number of hydrogen-bond donors (Lipinski definition) is 0. The normalized spacial score (nSPS) is 13.0. The minimum Gasteiger partial charge on any atom is -0.0654 e. The van der Waals surface area contributed by atoms with Gasteiger partial charge in [0.05, 0.1) is 0 Å². The minimum atomic E-state index is 0.0844. The smallest absolute Gasteiger partial charge is 0.0203 e. The Bertz CT molecular complexity index is 590. The lowest BCUT2D eigenvalue weighted by Gasteiger charge is -2.39. The van der Waals surface area contributed by atoms with Crippen molar-refractivity contribution in [3.05, 3.63) is 70.8 Å². The van der Waals surface area contributed by atoms with Crippen LogP contribution in [-0.4, -0.2) is 0 Å². The average Bonchev–Trinajstić information content (AvgIpc) is 2.65. The van der Waals surface area contributed by atoms with Gasteiger partial charge < -0.3 is 0 Å². The molecule has 2 rings (SSSR count). The molecule has 1 unspecified atom stereocenters. The van der Waals surface area contributed by atoms with Crippen LogP contribution in [0.1, 0.15) is 76.1 Å². The van der Waals surface area contributed by atoms with Gasteiger partial charge in [0.25, 0.3) is 0 Å². The van der Waals surface area contributed by atoms with Crippen LogP contribution in [0.15, 0.2) is 48.5 Å². The fourth-order valence-corrected chi connectivity index (χ4v) is 4.12. The van der Waals surface area contributed by atoms with Gasteiger partial charge in [-0.05, 0) is 47.4 Å². The van der Waals surface area contributed by atoms with Crippen LogP contribution >= 0.6 is 0 Å². The topological polar surface area (TPSA) is 0 Å². The molecule has 1 atom stereocenters. The van der Waals surface area contributed by atoms with Crippen LogP contribution in [0.2, 0.25) is 0 Å². The third-order valence-electron chi connectivity index (χ3n) is 5.82. The quantitative estimate of drug-likeness (QED) is 0.493. The summed E-state index contributed by atoms with van der Waals surface area (Å²) in [7, 11) is 0. The van der Waals surface area contributed by atoms with Gasteiger partial charge in [-0.3, -0.25) is 0 Å². The van der Waals surface area contributed by atoms with Gasteiger partial charge in [0.1, 0.15) is 0 Å². The fraction of sp³-hybridized carbons (Fsp3) is 0.500. The van der Waals surface area contributed by atoms with Crippen molar-refractivity contribution in [2.24, 2.45) is 5.92 Å². The van der Waals surface area contributed by atoms with Gasteiger partial charge in [-0.25, -0.2) is 0 Å².